The summed E-state index contributed by atoms with van der Waals surface area (Å²) in [4.78, 5) is 11.7. The van der Waals surface area contributed by atoms with Gasteiger partial charge in [0, 0.05) is 0 Å². The van der Waals surface area contributed by atoms with Crippen molar-refractivity contribution in [1.82, 2.24) is 0 Å². The molecule has 0 aliphatic carbocycles. The fourth-order valence-electron chi connectivity index (χ4n) is 1.37. The van der Waals surface area contributed by atoms with E-state index in [9.17, 15) is 4.79 Å². The van der Waals surface area contributed by atoms with Crippen LogP contribution in [0.25, 0.3) is 0 Å². The lowest BCUT2D eigenvalue weighted by Gasteiger charge is -2.12. The highest BCUT2D eigenvalue weighted by Crippen LogP contribution is 2.08. The maximum atomic E-state index is 11.7. The SMILES string of the molecule is C=C=CC(CCC)OC(=O)c1ccccc1. The minimum absolute atomic E-state index is 0.227. The molecular weight excluding hydrogens is 200 g/mol. The van der Waals surface area contributed by atoms with E-state index < -0.39 is 0 Å². The lowest BCUT2D eigenvalue weighted by molar-refractivity contribution is 0.0380. The van der Waals surface area contributed by atoms with E-state index >= 15 is 0 Å². The predicted molar refractivity (Wildman–Crippen MR) is 64.3 cm³/mol. The smallest absolute Gasteiger partial charge is 0.338 e. The molecule has 1 rings (SSSR count). The van der Waals surface area contributed by atoms with Crippen molar-refractivity contribution in [1.29, 1.82) is 0 Å². The fraction of sp³-hybridized carbons (Fsp3) is 0.286. The molecule has 0 N–H and O–H groups in total. The molecule has 84 valence electrons. The number of ether oxygens (including phenoxy) is 1. The Morgan fingerprint density at radius 3 is 2.75 bits per heavy atom. The average Bonchev–Trinajstić information content (AvgIpc) is 2.31. The highest BCUT2D eigenvalue weighted by atomic mass is 16.5. The first-order valence-corrected chi connectivity index (χ1v) is 5.40. The minimum atomic E-state index is -0.300. The van der Waals surface area contributed by atoms with E-state index in [0.29, 0.717) is 5.56 Å². The summed E-state index contributed by atoms with van der Waals surface area (Å²) in [7, 11) is 0. The maximum Gasteiger partial charge on any atom is 0.338 e. The van der Waals surface area contributed by atoms with Gasteiger partial charge in [0.05, 0.1) is 5.56 Å². The lowest BCUT2D eigenvalue weighted by Crippen LogP contribution is -2.15. The Morgan fingerprint density at radius 1 is 1.50 bits per heavy atom. The van der Waals surface area contributed by atoms with E-state index in [1.54, 1.807) is 18.2 Å². The van der Waals surface area contributed by atoms with Crippen LogP contribution in [0.5, 0.6) is 0 Å². The van der Waals surface area contributed by atoms with Gasteiger partial charge in [0.1, 0.15) is 6.10 Å². The largest absolute Gasteiger partial charge is 0.454 e. The molecule has 0 aliphatic rings. The average molecular weight is 216 g/mol. The standard InChI is InChI=1S/C14H16O2/c1-3-8-13(9-4-2)16-14(15)12-10-6-5-7-11-12/h5-8,10-11,13H,1,4,9H2,2H3. The van der Waals surface area contributed by atoms with Crippen LogP contribution in [0.3, 0.4) is 0 Å². The molecule has 0 amide bonds. The second kappa shape index (κ2) is 6.65. The Kier molecular flexibility index (Phi) is 5.10. The van der Waals surface area contributed by atoms with Gasteiger partial charge in [0.2, 0.25) is 0 Å². The maximum absolute atomic E-state index is 11.7. The molecule has 0 aromatic heterocycles. The molecule has 16 heavy (non-hydrogen) atoms. The van der Waals surface area contributed by atoms with E-state index in [2.05, 4.69) is 12.3 Å². The summed E-state index contributed by atoms with van der Waals surface area (Å²) in [5.74, 6) is -0.300. The lowest BCUT2D eigenvalue weighted by atomic mass is 10.2. The van der Waals surface area contributed by atoms with Crippen LogP contribution in [0.4, 0.5) is 0 Å². The minimum Gasteiger partial charge on any atom is -0.454 e. The zero-order valence-electron chi connectivity index (χ0n) is 9.48. The van der Waals surface area contributed by atoms with E-state index in [0.717, 1.165) is 12.8 Å². The number of carbonyl (C=O) groups excluding carboxylic acids is 1. The summed E-state index contributed by atoms with van der Waals surface area (Å²) in [6, 6.07) is 8.97. The summed E-state index contributed by atoms with van der Waals surface area (Å²) < 4.78 is 5.32. The van der Waals surface area contributed by atoms with Crippen LogP contribution in [0.2, 0.25) is 0 Å². The summed E-state index contributed by atoms with van der Waals surface area (Å²) in [6.07, 6.45) is 3.20. The first-order chi connectivity index (χ1) is 7.77. The topological polar surface area (TPSA) is 26.3 Å². The van der Waals surface area contributed by atoms with Crippen LogP contribution in [-0.2, 0) is 4.74 Å². The summed E-state index contributed by atoms with van der Waals surface area (Å²) in [5, 5.41) is 0. The zero-order chi connectivity index (χ0) is 11.8. The number of benzene rings is 1. The normalized spacial score (nSPS) is 11.3. The highest BCUT2D eigenvalue weighted by molar-refractivity contribution is 5.89. The van der Waals surface area contributed by atoms with Crippen LogP contribution in [0.15, 0.2) is 48.7 Å². The third-order valence-corrected chi connectivity index (χ3v) is 2.14. The van der Waals surface area contributed by atoms with Gasteiger partial charge < -0.3 is 4.74 Å². The van der Waals surface area contributed by atoms with Crippen LogP contribution in [0, 0.1) is 0 Å². The van der Waals surface area contributed by atoms with Gasteiger partial charge in [0.15, 0.2) is 0 Å². The first-order valence-electron chi connectivity index (χ1n) is 5.40. The van der Waals surface area contributed by atoms with Gasteiger partial charge in [-0.15, -0.1) is 5.73 Å². The van der Waals surface area contributed by atoms with Gasteiger partial charge in [0.25, 0.3) is 0 Å². The van der Waals surface area contributed by atoms with Gasteiger partial charge in [-0.3, -0.25) is 0 Å². The second-order valence-corrected chi connectivity index (χ2v) is 3.47. The molecule has 1 aromatic rings. The molecule has 0 bridgehead atoms. The molecular formula is C14H16O2. The predicted octanol–water partition coefficient (Wildman–Crippen LogP) is 3.35. The number of carbonyl (C=O) groups is 1. The molecule has 1 atom stereocenters. The van der Waals surface area contributed by atoms with Crippen molar-refractivity contribution in [3.05, 3.63) is 54.3 Å². The molecule has 0 saturated carbocycles. The Morgan fingerprint density at radius 2 is 2.19 bits per heavy atom. The number of hydrogen-bond acceptors (Lipinski definition) is 2. The van der Waals surface area contributed by atoms with Gasteiger partial charge in [-0.1, -0.05) is 38.1 Å². The molecule has 1 aromatic carbocycles. The first kappa shape index (κ1) is 12.3. The van der Waals surface area contributed by atoms with Crippen LogP contribution >= 0.6 is 0 Å². The molecule has 0 fully saturated rings. The summed E-state index contributed by atoms with van der Waals surface area (Å²) in [5.41, 5.74) is 3.23. The van der Waals surface area contributed by atoms with Crippen LogP contribution in [0.1, 0.15) is 30.1 Å². The van der Waals surface area contributed by atoms with Crippen molar-refractivity contribution in [2.75, 3.05) is 0 Å². The van der Waals surface area contributed by atoms with Gasteiger partial charge in [-0.05, 0) is 24.6 Å². The third-order valence-electron chi connectivity index (χ3n) is 2.14. The molecule has 2 nitrogen and oxygen atoms in total. The van der Waals surface area contributed by atoms with Crippen molar-refractivity contribution < 1.29 is 9.53 Å². The molecule has 0 spiro atoms. The molecule has 0 aliphatic heterocycles. The van der Waals surface area contributed by atoms with E-state index in [-0.39, 0.29) is 12.1 Å². The third kappa shape index (κ3) is 3.76. The summed E-state index contributed by atoms with van der Waals surface area (Å²) >= 11 is 0. The van der Waals surface area contributed by atoms with Gasteiger partial charge >= 0.3 is 5.97 Å². The number of rotatable bonds is 5. The van der Waals surface area contributed by atoms with Crippen molar-refractivity contribution in [3.63, 3.8) is 0 Å². The molecule has 2 heteroatoms. The van der Waals surface area contributed by atoms with Crippen molar-refractivity contribution >= 4 is 5.97 Å². The molecule has 0 radical (unpaired) electrons. The number of hydrogen-bond donors (Lipinski definition) is 0. The monoisotopic (exact) mass is 216 g/mol. The Balaban J connectivity index is 2.65. The van der Waals surface area contributed by atoms with Crippen molar-refractivity contribution in [3.8, 4) is 0 Å². The van der Waals surface area contributed by atoms with Crippen LogP contribution < -0.4 is 0 Å². The van der Waals surface area contributed by atoms with Crippen molar-refractivity contribution in [2.24, 2.45) is 0 Å². The van der Waals surface area contributed by atoms with Crippen molar-refractivity contribution in [2.45, 2.75) is 25.9 Å². The fourth-order valence-corrected chi connectivity index (χ4v) is 1.37. The Labute approximate surface area is 96.2 Å². The Hall–Kier alpha value is -1.79. The van der Waals surface area contributed by atoms with E-state index in [1.807, 2.05) is 25.1 Å². The van der Waals surface area contributed by atoms with Gasteiger partial charge in [-0.25, -0.2) is 4.79 Å². The highest BCUT2D eigenvalue weighted by Gasteiger charge is 2.12. The quantitative estimate of drug-likeness (QED) is 0.557. The zero-order valence-corrected chi connectivity index (χ0v) is 9.48. The Bertz CT molecular complexity index is 375. The second-order valence-electron chi connectivity index (χ2n) is 3.47. The molecule has 1 unspecified atom stereocenters. The van der Waals surface area contributed by atoms with Gasteiger partial charge in [-0.2, -0.15) is 0 Å². The number of esters is 1. The summed E-state index contributed by atoms with van der Waals surface area (Å²) in [6.45, 7) is 5.53. The van der Waals surface area contributed by atoms with Crippen LogP contribution in [-0.4, -0.2) is 12.1 Å². The molecule has 0 saturated heterocycles. The molecule has 0 heterocycles. The van der Waals surface area contributed by atoms with E-state index in [4.69, 9.17) is 4.74 Å². The van der Waals surface area contributed by atoms with E-state index in [1.165, 1.54) is 0 Å².